The van der Waals surface area contributed by atoms with Crippen molar-refractivity contribution in [1.29, 1.82) is 0 Å². The highest BCUT2D eigenvalue weighted by Gasteiger charge is 2.16. The van der Waals surface area contributed by atoms with Gasteiger partial charge in [-0.05, 0) is 43.2 Å². The number of para-hydroxylation sites is 2. The summed E-state index contributed by atoms with van der Waals surface area (Å²) in [5, 5.41) is 3.42. The molecule has 0 radical (unpaired) electrons. The molecule has 0 saturated heterocycles. The van der Waals surface area contributed by atoms with Gasteiger partial charge in [-0.3, -0.25) is 19.5 Å². The van der Waals surface area contributed by atoms with Crippen LogP contribution in [0.4, 0.5) is 5.95 Å². The van der Waals surface area contributed by atoms with Gasteiger partial charge in [0, 0.05) is 25.6 Å². The van der Waals surface area contributed by atoms with Crippen molar-refractivity contribution < 1.29 is 4.79 Å². The fourth-order valence-electron chi connectivity index (χ4n) is 3.99. The molecule has 4 aromatic rings. The van der Waals surface area contributed by atoms with Gasteiger partial charge in [-0.25, -0.2) is 9.97 Å². The lowest BCUT2D eigenvalue weighted by Crippen LogP contribution is -2.24. The van der Waals surface area contributed by atoms with Crippen LogP contribution in [0.3, 0.4) is 0 Å². The number of anilines is 1. The van der Waals surface area contributed by atoms with Crippen LogP contribution in [-0.4, -0.2) is 25.0 Å². The normalized spacial score (nSPS) is 14.0. The maximum Gasteiger partial charge on any atom is 0.261 e. The van der Waals surface area contributed by atoms with Gasteiger partial charge in [0.05, 0.1) is 21.9 Å². The molecular formula is C22H21N5O2. The van der Waals surface area contributed by atoms with Gasteiger partial charge in [-0.15, -0.1) is 0 Å². The van der Waals surface area contributed by atoms with Gasteiger partial charge in [0.1, 0.15) is 5.82 Å². The predicted molar refractivity (Wildman–Crippen MR) is 112 cm³/mol. The van der Waals surface area contributed by atoms with Crippen molar-refractivity contribution in [3.8, 4) is 0 Å². The average molecular weight is 387 g/mol. The number of carbonyl (C=O) groups is 1. The van der Waals surface area contributed by atoms with Crippen molar-refractivity contribution in [3.05, 3.63) is 64.2 Å². The number of aromatic nitrogens is 4. The molecule has 0 atom stereocenters. The van der Waals surface area contributed by atoms with Crippen molar-refractivity contribution in [1.82, 2.24) is 19.1 Å². The molecule has 1 N–H and O–H groups in total. The van der Waals surface area contributed by atoms with E-state index >= 15 is 0 Å². The first kappa shape index (κ1) is 17.6. The van der Waals surface area contributed by atoms with E-state index in [0.29, 0.717) is 29.0 Å². The molecule has 1 aliphatic rings. The number of fused-ring (bicyclic) bond motifs is 3. The third-order valence-corrected chi connectivity index (χ3v) is 5.59. The van der Waals surface area contributed by atoms with Crippen LogP contribution in [0.25, 0.3) is 21.9 Å². The van der Waals surface area contributed by atoms with E-state index in [2.05, 4.69) is 10.3 Å². The number of nitrogens with one attached hydrogen (secondary N) is 1. The summed E-state index contributed by atoms with van der Waals surface area (Å²) in [5.74, 6) is 1.02. The Morgan fingerprint density at radius 2 is 1.90 bits per heavy atom. The molecule has 5 rings (SSSR count). The summed E-state index contributed by atoms with van der Waals surface area (Å²) in [5.41, 5.74) is 2.77. The smallest absolute Gasteiger partial charge is 0.261 e. The maximum absolute atomic E-state index is 12.9. The van der Waals surface area contributed by atoms with Crippen LogP contribution in [0, 0.1) is 0 Å². The summed E-state index contributed by atoms with van der Waals surface area (Å²) >= 11 is 0. The summed E-state index contributed by atoms with van der Waals surface area (Å²) in [4.78, 5) is 34.9. The summed E-state index contributed by atoms with van der Waals surface area (Å²) in [6.45, 7) is 0.714. The van der Waals surface area contributed by atoms with E-state index in [1.165, 1.54) is 0 Å². The van der Waals surface area contributed by atoms with Gasteiger partial charge in [-0.1, -0.05) is 18.6 Å². The molecule has 2 aromatic carbocycles. The van der Waals surface area contributed by atoms with E-state index in [-0.39, 0.29) is 11.5 Å². The zero-order chi connectivity index (χ0) is 20.0. The topological polar surface area (TPSA) is 81.8 Å². The van der Waals surface area contributed by atoms with Gasteiger partial charge in [0.2, 0.25) is 5.95 Å². The number of hydrogen-bond donors (Lipinski definition) is 1. The predicted octanol–water partition coefficient (Wildman–Crippen LogP) is 3.26. The standard InChI is InChI=1S/C22H21N5O2/c1-26-18-8-5-4-7-16(18)24-22(26)25-20(28)14-10-11-15-17(13-14)23-19-9-3-2-6-12-27(19)21(15)29/h4-5,7-8,10-11,13H,2-3,6,9,12H2,1H3,(H,24,25,28). The number of benzene rings is 2. The number of rotatable bonds is 2. The fourth-order valence-corrected chi connectivity index (χ4v) is 3.99. The minimum absolute atomic E-state index is 0.0193. The first-order valence-electron chi connectivity index (χ1n) is 9.88. The number of amides is 1. The molecular weight excluding hydrogens is 366 g/mol. The monoisotopic (exact) mass is 387 g/mol. The number of imidazole rings is 1. The number of hydrogen-bond acceptors (Lipinski definition) is 4. The van der Waals surface area contributed by atoms with E-state index in [1.54, 1.807) is 22.8 Å². The van der Waals surface area contributed by atoms with Crippen LogP contribution in [0.2, 0.25) is 0 Å². The molecule has 0 unspecified atom stereocenters. The molecule has 1 aliphatic heterocycles. The lowest BCUT2D eigenvalue weighted by atomic mass is 10.1. The van der Waals surface area contributed by atoms with Crippen molar-refractivity contribution in [2.45, 2.75) is 32.2 Å². The van der Waals surface area contributed by atoms with E-state index in [0.717, 1.165) is 42.5 Å². The number of carbonyl (C=O) groups excluding carboxylic acids is 1. The summed E-state index contributed by atoms with van der Waals surface area (Å²) in [7, 11) is 1.86. The average Bonchev–Trinajstić information content (AvgIpc) is 2.90. The van der Waals surface area contributed by atoms with E-state index < -0.39 is 0 Å². The molecule has 7 heteroatoms. The molecule has 29 heavy (non-hydrogen) atoms. The highest BCUT2D eigenvalue weighted by Crippen LogP contribution is 2.20. The molecule has 0 aliphatic carbocycles. The van der Waals surface area contributed by atoms with E-state index in [4.69, 9.17) is 4.98 Å². The lowest BCUT2D eigenvalue weighted by molar-refractivity contribution is 0.102. The number of nitrogens with zero attached hydrogens (tertiary/aromatic N) is 4. The Morgan fingerprint density at radius 3 is 2.76 bits per heavy atom. The van der Waals surface area contributed by atoms with Crippen molar-refractivity contribution in [2.24, 2.45) is 7.05 Å². The molecule has 0 bridgehead atoms. The molecule has 0 spiro atoms. The van der Waals surface area contributed by atoms with Crippen LogP contribution in [-0.2, 0) is 20.0 Å². The van der Waals surface area contributed by atoms with Crippen molar-refractivity contribution in [3.63, 3.8) is 0 Å². The van der Waals surface area contributed by atoms with Crippen LogP contribution in [0.15, 0.2) is 47.3 Å². The summed E-state index contributed by atoms with van der Waals surface area (Å²) < 4.78 is 3.63. The van der Waals surface area contributed by atoms with Crippen LogP contribution in [0.1, 0.15) is 35.4 Å². The van der Waals surface area contributed by atoms with Gasteiger partial charge >= 0.3 is 0 Å². The molecule has 3 heterocycles. The Bertz CT molecular complexity index is 1320. The fraction of sp³-hybridized carbons (Fsp3) is 0.273. The van der Waals surface area contributed by atoms with Crippen LogP contribution < -0.4 is 10.9 Å². The van der Waals surface area contributed by atoms with Gasteiger partial charge in [0.15, 0.2) is 0 Å². The first-order chi connectivity index (χ1) is 14.1. The zero-order valence-corrected chi connectivity index (χ0v) is 16.2. The second kappa shape index (κ2) is 6.84. The second-order valence-electron chi connectivity index (χ2n) is 7.46. The first-order valence-corrected chi connectivity index (χ1v) is 9.88. The Kier molecular flexibility index (Phi) is 4.16. The van der Waals surface area contributed by atoms with Crippen LogP contribution in [0.5, 0.6) is 0 Å². The summed E-state index contributed by atoms with van der Waals surface area (Å²) in [6, 6.07) is 12.8. The maximum atomic E-state index is 12.9. The quantitative estimate of drug-likeness (QED) is 0.572. The van der Waals surface area contributed by atoms with E-state index in [1.807, 2.05) is 35.9 Å². The Balaban J connectivity index is 1.52. The van der Waals surface area contributed by atoms with Crippen LogP contribution >= 0.6 is 0 Å². The SMILES string of the molecule is Cn1c(NC(=O)c2ccc3c(=O)n4c(nc3c2)CCCCC4)nc2ccccc21. The lowest BCUT2D eigenvalue weighted by Gasteiger charge is -2.11. The van der Waals surface area contributed by atoms with Crippen molar-refractivity contribution >= 4 is 33.8 Å². The molecule has 0 saturated carbocycles. The third-order valence-electron chi connectivity index (χ3n) is 5.59. The minimum Gasteiger partial charge on any atom is -0.313 e. The third kappa shape index (κ3) is 2.99. The molecule has 7 nitrogen and oxygen atoms in total. The second-order valence-corrected chi connectivity index (χ2v) is 7.46. The Labute approximate surface area is 167 Å². The number of aryl methyl sites for hydroxylation is 2. The largest absolute Gasteiger partial charge is 0.313 e. The highest BCUT2D eigenvalue weighted by atomic mass is 16.2. The van der Waals surface area contributed by atoms with Crippen molar-refractivity contribution in [2.75, 3.05) is 5.32 Å². The molecule has 146 valence electrons. The van der Waals surface area contributed by atoms with Gasteiger partial charge < -0.3 is 4.57 Å². The Hall–Kier alpha value is -3.48. The van der Waals surface area contributed by atoms with Gasteiger partial charge in [-0.2, -0.15) is 0 Å². The molecule has 2 aromatic heterocycles. The van der Waals surface area contributed by atoms with Gasteiger partial charge in [0.25, 0.3) is 11.5 Å². The zero-order valence-electron chi connectivity index (χ0n) is 16.2. The highest BCUT2D eigenvalue weighted by molar-refractivity contribution is 6.05. The molecule has 1 amide bonds. The molecule has 0 fully saturated rings. The minimum atomic E-state index is -0.276. The summed E-state index contributed by atoms with van der Waals surface area (Å²) in [6.07, 6.45) is 3.93. The van der Waals surface area contributed by atoms with E-state index in [9.17, 15) is 9.59 Å². The Morgan fingerprint density at radius 1 is 1.03 bits per heavy atom.